The summed E-state index contributed by atoms with van der Waals surface area (Å²) in [6.45, 7) is 0.456. The van der Waals surface area contributed by atoms with E-state index in [1.54, 1.807) is 6.26 Å². The van der Waals surface area contributed by atoms with E-state index in [1.165, 1.54) is 25.2 Å². The van der Waals surface area contributed by atoms with Gasteiger partial charge in [0.2, 0.25) is 0 Å². The summed E-state index contributed by atoms with van der Waals surface area (Å²) >= 11 is 0. The number of rotatable bonds is 7. The number of nitro groups is 1. The minimum atomic E-state index is -0.889. The monoisotopic (exact) mass is 299 g/mol. The number of hydrogen-bond donors (Lipinski definition) is 2. The fourth-order valence-electron chi connectivity index (χ4n) is 1.62. The van der Waals surface area contributed by atoms with Crippen molar-refractivity contribution in [1.82, 2.24) is 5.32 Å². The van der Waals surface area contributed by atoms with Gasteiger partial charge in [-0.2, -0.15) is 0 Å². The predicted molar refractivity (Wildman–Crippen MR) is 78.5 cm³/mol. The molecule has 1 aromatic carbocycles. The Kier molecular flexibility index (Phi) is 6.10. The Morgan fingerprint density at radius 3 is 2.70 bits per heavy atom. The van der Waals surface area contributed by atoms with Crippen LogP contribution in [0, 0.1) is 10.1 Å². The van der Waals surface area contributed by atoms with Gasteiger partial charge in [-0.05, 0) is 18.6 Å². The summed E-state index contributed by atoms with van der Waals surface area (Å²) < 4.78 is 10.9. The van der Waals surface area contributed by atoms with Gasteiger partial charge in [0.05, 0.1) is 4.92 Å². The molecular weight excluding hydrogens is 282 g/mol. The maximum absolute atomic E-state index is 11.5. The zero-order valence-electron chi connectivity index (χ0n) is 11.3. The molecule has 1 amide bonds. The number of nitro benzene ring substituents is 1. The minimum Gasteiger partial charge on any atom is -0.379 e. The van der Waals surface area contributed by atoms with Crippen LogP contribution < -0.4 is 10.6 Å². The van der Waals surface area contributed by atoms with Crippen molar-refractivity contribution in [2.24, 2.45) is 0 Å². The molecule has 0 bridgehead atoms. The van der Waals surface area contributed by atoms with Gasteiger partial charge in [-0.25, -0.2) is 0 Å². The Labute approximate surface area is 119 Å². The summed E-state index contributed by atoms with van der Waals surface area (Å²) in [6, 6.07) is 4.15. The van der Waals surface area contributed by atoms with Gasteiger partial charge < -0.3 is 10.6 Å². The Morgan fingerprint density at radius 2 is 2.15 bits per heavy atom. The number of amides is 1. The number of nitrogens with one attached hydrogen (secondary N) is 2. The van der Waals surface area contributed by atoms with Crippen LogP contribution in [0.4, 0.5) is 11.4 Å². The molecule has 1 aromatic rings. The smallest absolute Gasteiger partial charge is 0.292 e. The summed E-state index contributed by atoms with van der Waals surface area (Å²) in [5, 5.41) is 16.3. The van der Waals surface area contributed by atoms with Crippen LogP contribution in [0.5, 0.6) is 0 Å². The number of nitrogens with zero attached hydrogens (tertiary/aromatic N) is 1. The Bertz CT molecular complexity index is 533. The molecule has 0 radical (unpaired) electrons. The van der Waals surface area contributed by atoms with Crippen LogP contribution in [0.15, 0.2) is 18.2 Å². The summed E-state index contributed by atoms with van der Waals surface area (Å²) in [5.74, 6) is 0.216. The molecule has 0 aliphatic heterocycles. The van der Waals surface area contributed by atoms with Crippen LogP contribution in [0.1, 0.15) is 16.8 Å². The van der Waals surface area contributed by atoms with Crippen molar-refractivity contribution in [3.8, 4) is 0 Å². The molecule has 110 valence electrons. The fraction of sp³-hybridized carbons (Fsp3) is 0.417. The average molecular weight is 299 g/mol. The quantitative estimate of drug-likeness (QED) is 0.446. The highest BCUT2D eigenvalue weighted by molar-refractivity contribution is 7.84. The lowest BCUT2D eigenvalue weighted by atomic mass is 10.1. The summed E-state index contributed by atoms with van der Waals surface area (Å²) in [7, 11) is 0.605. The van der Waals surface area contributed by atoms with Crippen molar-refractivity contribution >= 4 is 28.1 Å². The van der Waals surface area contributed by atoms with E-state index in [-0.39, 0.29) is 17.3 Å². The number of hydrogen-bond acceptors (Lipinski definition) is 5. The third-order valence-electron chi connectivity index (χ3n) is 2.61. The van der Waals surface area contributed by atoms with Crippen molar-refractivity contribution < 1.29 is 13.9 Å². The number of benzene rings is 1. The van der Waals surface area contributed by atoms with Gasteiger partial charge in [0.25, 0.3) is 11.6 Å². The van der Waals surface area contributed by atoms with Crippen molar-refractivity contribution in [3.05, 3.63) is 33.9 Å². The molecule has 0 fully saturated rings. The molecule has 8 heteroatoms. The molecule has 0 aliphatic carbocycles. The number of carbonyl (C=O) groups excluding carboxylic acids is 1. The molecule has 2 N–H and O–H groups in total. The first-order chi connectivity index (χ1) is 9.45. The highest BCUT2D eigenvalue weighted by atomic mass is 32.2. The minimum absolute atomic E-state index is 0.0877. The highest BCUT2D eigenvalue weighted by Crippen LogP contribution is 2.25. The maximum atomic E-state index is 11.5. The first-order valence-corrected chi connectivity index (χ1v) is 7.73. The second-order valence-corrected chi connectivity index (χ2v) is 5.68. The summed E-state index contributed by atoms with van der Waals surface area (Å²) in [4.78, 5) is 21.9. The zero-order valence-corrected chi connectivity index (χ0v) is 12.2. The van der Waals surface area contributed by atoms with Gasteiger partial charge in [-0.15, -0.1) is 0 Å². The van der Waals surface area contributed by atoms with E-state index in [1.807, 2.05) is 0 Å². The summed E-state index contributed by atoms with van der Waals surface area (Å²) in [6.07, 6.45) is 2.24. The highest BCUT2D eigenvalue weighted by Gasteiger charge is 2.16. The van der Waals surface area contributed by atoms with Gasteiger partial charge in [-0.3, -0.25) is 19.1 Å². The third-order valence-corrected chi connectivity index (χ3v) is 3.47. The Hall–Kier alpha value is -1.96. The molecule has 7 nitrogen and oxygen atoms in total. The normalized spacial score (nSPS) is 11.7. The first kappa shape index (κ1) is 16.1. The van der Waals surface area contributed by atoms with E-state index in [2.05, 4.69) is 10.6 Å². The molecule has 0 spiro atoms. The molecular formula is C12H17N3O4S. The average Bonchev–Trinajstić information content (AvgIpc) is 2.42. The number of anilines is 1. The fourth-order valence-corrected chi connectivity index (χ4v) is 2.17. The molecule has 1 rings (SSSR count). The molecule has 0 aromatic heterocycles. The lowest BCUT2D eigenvalue weighted by Gasteiger charge is -2.08. The zero-order chi connectivity index (χ0) is 15.1. The van der Waals surface area contributed by atoms with Crippen molar-refractivity contribution in [1.29, 1.82) is 0 Å². The van der Waals surface area contributed by atoms with E-state index in [4.69, 9.17) is 0 Å². The second-order valence-electron chi connectivity index (χ2n) is 4.13. The van der Waals surface area contributed by atoms with Gasteiger partial charge in [0.1, 0.15) is 5.69 Å². The van der Waals surface area contributed by atoms with Crippen LogP contribution >= 0.6 is 0 Å². The molecule has 0 aliphatic rings. The number of carbonyl (C=O) groups is 1. The van der Waals surface area contributed by atoms with E-state index in [0.29, 0.717) is 24.3 Å². The van der Waals surface area contributed by atoms with Crippen molar-refractivity contribution in [3.63, 3.8) is 0 Å². The third kappa shape index (κ3) is 4.61. The molecule has 0 saturated carbocycles. The van der Waals surface area contributed by atoms with Crippen LogP contribution in [-0.4, -0.2) is 40.6 Å². The Morgan fingerprint density at radius 1 is 1.45 bits per heavy atom. The maximum Gasteiger partial charge on any atom is 0.292 e. The SMILES string of the molecule is CNC(=O)c1ccc([N+](=O)[O-])c(NCCCS(C)=O)c1. The van der Waals surface area contributed by atoms with Crippen molar-refractivity contribution in [2.75, 3.05) is 30.9 Å². The largest absolute Gasteiger partial charge is 0.379 e. The van der Waals surface area contributed by atoms with Crippen molar-refractivity contribution in [2.45, 2.75) is 6.42 Å². The van der Waals surface area contributed by atoms with Crippen LogP contribution in [0.2, 0.25) is 0 Å². The van der Waals surface area contributed by atoms with E-state index < -0.39 is 15.7 Å². The molecule has 1 atom stereocenters. The molecule has 0 heterocycles. The topological polar surface area (TPSA) is 101 Å². The van der Waals surface area contributed by atoms with Crippen LogP contribution in [0.3, 0.4) is 0 Å². The standard InChI is InChI=1S/C12H17N3O4S/c1-13-12(16)9-4-5-11(15(17)18)10(8-9)14-6-3-7-20(2)19/h4-5,8,14H,3,6-7H2,1-2H3,(H,13,16). The second kappa shape index (κ2) is 7.59. The predicted octanol–water partition coefficient (Wildman–Crippen LogP) is 1.13. The lowest BCUT2D eigenvalue weighted by molar-refractivity contribution is -0.384. The molecule has 1 unspecified atom stereocenters. The van der Waals surface area contributed by atoms with Gasteiger partial charge in [0.15, 0.2) is 0 Å². The first-order valence-electron chi connectivity index (χ1n) is 6.00. The van der Waals surface area contributed by atoms with Gasteiger partial charge >= 0.3 is 0 Å². The molecule has 20 heavy (non-hydrogen) atoms. The molecule has 0 saturated heterocycles. The van der Waals surface area contributed by atoms with E-state index >= 15 is 0 Å². The lowest BCUT2D eigenvalue weighted by Crippen LogP contribution is -2.18. The van der Waals surface area contributed by atoms with Gasteiger partial charge in [-0.1, -0.05) is 0 Å². The van der Waals surface area contributed by atoms with Gasteiger partial charge in [0, 0.05) is 48.0 Å². The van der Waals surface area contributed by atoms with Crippen LogP contribution in [0.25, 0.3) is 0 Å². The van der Waals surface area contributed by atoms with E-state index in [0.717, 1.165) is 0 Å². The Balaban J connectivity index is 2.86. The van der Waals surface area contributed by atoms with E-state index in [9.17, 15) is 19.1 Å². The summed E-state index contributed by atoms with van der Waals surface area (Å²) in [5.41, 5.74) is 0.549. The van der Waals surface area contributed by atoms with Crippen LogP contribution in [-0.2, 0) is 10.8 Å².